The fourth-order valence-electron chi connectivity index (χ4n) is 6.39. The summed E-state index contributed by atoms with van der Waals surface area (Å²) in [5.74, 6) is 1.42. The van der Waals surface area contributed by atoms with Crippen LogP contribution in [0.15, 0.2) is 48.5 Å². The van der Waals surface area contributed by atoms with Crippen LogP contribution in [0.3, 0.4) is 0 Å². The van der Waals surface area contributed by atoms with Crippen LogP contribution in [-0.4, -0.2) is 54.6 Å². The number of nitrogen functional groups attached to an aromatic ring is 1. The van der Waals surface area contributed by atoms with Crippen molar-refractivity contribution in [2.24, 2.45) is 5.92 Å². The largest absolute Gasteiger partial charge is 0.388 e. The van der Waals surface area contributed by atoms with Crippen molar-refractivity contribution in [1.29, 1.82) is 0 Å². The Morgan fingerprint density at radius 3 is 2.63 bits per heavy atom. The number of hydrogen-bond acceptors (Lipinski definition) is 8. The quantitative estimate of drug-likeness (QED) is 0.254. The van der Waals surface area contributed by atoms with Gasteiger partial charge in [0.2, 0.25) is 11.9 Å². The first-order valence-corrected chi connectivity index (χ1v) is 15.0. The van der Waals surface area contributed by atoms with Gasteiger partial charge in [-0.05, 0) is 111 Å². The fourth-order valence-corrected chi connectivity index (χ4v) is 6.39. The summed E-state index contributed by atoms with van der Waals surface area (Å²) in [5.41, 5.74) is 13.9. The number of aliphatic hydroxyl groups is 1. The minimum absolute atomic E-state index is 0.238. The second-order valence-electron chi connectivity index (χ2n) is 11.2. The minimum Gasteiger partial charge on any atom is -0.388 e. The lowest BCUT2D eigenvalue weighted by Gasteiger charge is -2.26. The summed E-state index contributed by atoms with van der Waals surface area (Å²) in [4.78, 5) is 6.89. The van der Waals surface area contributed by atoms with Crippen LogP contribution in [0.25, 0.3) is 17.1 Å². The molecule has 41 heavy (non-hydrogen) atoms. The Hall–Kier alpha value is -3.82. The molecule has 9 nitrogen and oxygen atoms in total. The molecule has 9 heteroatoms. The Kier molecular flexibility index (Phi) is 7.98. The zero-order valence-electron chi connectivity index (χ0n) is 24.1. The van der Waals surface area contributed by atoms with Crippen LogP contribution in [0.5, 0.6) is 0 Å². The summed E-state index contributed by atoms with van der Waals surface area (Å²) in [6.45, 7) is 7.48. The van der Waals surface area contributed by atoms with Crippen molar-refractivity contribution in [2.75, 3.05) is 30.7 Å². The molecule has 0 saturated heterocycles. The summed E-state index contributed by atoms with van der Waals surface area (Å²) in [6, 6.07) is 16.6. The maximum absolute atomic E-state index is 11.4. The molecule has 0 bridgehead atoms. The number of aromatic nitrogens is 5. The Bertz CT molecular complexity index is 1510. The van der Waals surface area contributed by atoms with Crippen molar-refractivity contribution < 1.29 is 5.11 Å². The topological polar surface area (TPSA) is 118 Å². The third-order valence-electron chi connectivity index (χ3n) is 8.77. The van der Waals surface area contributed by atoms with Gasteiger partial charge in [0.1, 0.15) is 0 Å². The maximum atomic E-state index is 11.4. The van der Waals surface area contributed by atoms with Gasteiger partial charge in [0.25, 0.3) is 0 Å². The van der Waals surface area contributed by atoms with Crippen molar-refractivity contribution in [2.45, 2.75) is 64.9 Å². The molecule has 0 spiro atoms. The summed E-state index contributed by atoms with van der Waals surface area (Å²) < 4.78 is 1.54. The second kappa shape index (κ2) is 12.0. The normalized spacial score (nSPS) is 18.2. The molecular formula is C32H40N8O. The van der Waals surface area contributed by atoms with Crippen molar-refractivity contribution in [1.82, 2.24) is 29.9 Å². The molecule has 2 aromatic heterocycles. The van der Waals surface area contributed by atoms with E-state index in [0.717, 1.165) is 92.7 Å². The standard InChI is InChI=1S/C32H40N8O/c1-3-39(4-2)18-17-23-12-7-11-22-15-16-25(20-27(22)30(23)41)34-32-35-31(33)40(38-32)28-19-24-13-8-10-21-9-5-6-14-26(21)29(24)37-36-28/h5-6,9,14-16,19-20,23,30,41H,3-4,7-8,10-13,17-18H2,1-2H3,(H3,33,34,35,38). The van der Waals surface area contributed by atoms with E-state index in [-0.39, 0.29) is 11.9 Å². The average molecular weight is 553 g/mol. The number of hydrogen-bond donors (Lipinski definition) is 3. The molecule has 214 valence electrons. The van der Waals surface area contributed by atoms with E-state index in [4.69, 9.17) is 5.73 Å². The molecule has 0 radical (unpaired) electrons. The number of fused-ring (bicyclic) bond motifs is 4. The molecule has 2 atom stereocenters. The fraction of sp³-hybridized carbons (Fsp3) is 0.438. The maximum Gasteiger partial charge on any atom is 0.248 e. The predicted molar refractivity (Wildman–Crippen MR) is 162 cm³/mol. The van der Waals surface area contributed by atoms with Crippen LogP contribution in [0.4, 0.5) is 17.6 Å². The van der Waals surface area contributed by atoms with E-state index in [2.05, 4.69) is 68.6 Å². The van der Waals surface area contributed by atoms with Crippen molar-refractivity contribution in [3.05, 3.63) is 70.8 Å². The lowest BCUT2D eigenvalue weighted by atomic mass is 9.90. The van der Waals surface area contributed by atoms with Gasteiger partial charge < -0.3 is 21.1 Å². The minimum atomic E-state index is -0.486. The third kappa shape index (κ3) is 5.69. The van der Waals surface area contributed by atoms with Gasteiger partial charge in [-0.2, -0.15) is 9.67 Å². The van der Waals surface area contributed by atoms with Gasteiger partial charge in [0.15, 0.2) is 5.82 Å². The number of aryl methyl sites for hydroxylation is 3. The molecule has 2 unspecified atom stereocenters. The zero-order valence-corrected chi connectivity index (χ0v) is 24.1. The molecule has 4 N–H and O–H groups in total. The summed E-state index contributed by atoms with van der Waals surface area (Å²) in [6.07, 6.45) is 6.61. The monoisotopic (exact) mass is 552 g/mol. The van der Waals surface area contributed by atoms with Crippen LogP contribution in [0.1, 0.15) is 67.9 Å². The van der Waals surface area contributed by atoms with Gasteiger partial charge in [-0.3, -0.25) is 0 Å². The molecule has 0 saturated carbocycles. The lowest BCUT2D eigenvalue weighted by molar-refractivity contribution is 0.0917. The van der Waals surface area contributed by atoms with Crippen molar-refractivity contribution >= 4 is 17.6 Å². The van der Waals surface area contributed by atoms with E-state index in [1.54, 1.807) is 0 Å². The van der Waals surface area contributed by atoms with Gasteiger partial charge >= 0.3 is 0 Å². The second-order valence-corrected chi connectivity index (χ2v) is 11.2. The first-order valence-electron chi connectivity index (χ1n) is 15.0. The first kappa shape index (κ1) is 27.4. The van der Waals surface area contributed by atoms with E-state index in [1.807, 2.05) is 24.3 Å². The Balaban J connectivity index is 1.22. The highest BCUT2D eigenvalue weighted by Crippen LogP contribution is 2.37. The van der Waals surface area contributed by atoms with E-state index >= 15 is 0 Å². The van der Waals surface area contributed by atoms with Crippen molar-refractivity contribution in [3.63, 3.8) is 0 Å². The van der Waals surface area contributed by atoms with E-state index < -0.39 is 6.10 Å². The molecule has 0 aliphatic heterocycles. The zero-order chi connectivity index (χ0) is 28.3. The molecule has 2 aromatic carbocycles. The van der Waals surface area contributed by atoms with Crippen LogP contribution in [0, 0.1) is 5.92 Å². The molecule has 0 fully saturated rings. The third-order valence-corrected chi connectivity index (χ3v) is 8.77. The Morgan fingerprint density at radius 2 is 1.78 bits per heavy atom. The Morgan fingerprint density at radius 1 is 0.976 bits per heavy atom. The van der Waals surface area contributed by atoms with Crippen LogP contribution < -0.4 is 11.1 Å². The molecular weight excluding hydrogens is 512 g/mol. The molecule has 4 aromatic rings. The van der Waals surface area contributed by atoms with Gasteiger partial charge in [0.05, 0.1) is 11.8 Å². The van der Waals surface area contributed by atoms with Crippen molar-refractivity contribution in [3.8, 4) is 17.1 Å². The van der Waals surface area contributed by atoms with Crippen LogP contribution in [0.2, 0.25) is 0 Å². The molecule has 2 heterocycles. The molecule has 6 rings (SSSR count). The van der Waals surface area contributed by atoms with Gasteiger partial charge in [-0.15, -0.1) is 15.3 Å². The van der Waals surface area contributed by atoms with E-state index in [9.17, 15) is 5.11 Å². The smallest absolute Gasteiger partial charge is 0.248 e. The van der Waals surface area contributed by atoms with E-state index in [1.165, 1.54) is 15.8 Å². The molecule has 2 aliphatic rings. The summed E-state index contributed by atoms with van der Waals surface area (Å²) >= 11 is 0. The van der Waals surface area contributed by atoms with Crippen LogP contribution in [-0.2, 0) is 19.3 Å². The number of benzene rings is 2. The average Bonchev–Trinajstić information content (AvgIpc) is 3.15. The van der Waals surface area contributed by atoms with Gasteiger partial charge in [-0.25, -0.2) is 0 Å². The number of aliphatic hydroxyl groups excluding tert-OH is 1. The number of anilines is 3. The predicted octanol–water partition coefficient (Wildman–Crippen LogP) is 5.26. The highest BCUT2D eigenvalue weighted by molar-refractivity contribution is 5.68. The van der Waals surface area contributed by atoms with Crippen LogP contribution >= 0.6 is 0 Å². The number of nitrogens with one attached hydrogen (secondary N) is 1. The highest BCUT2D eigenvalue weighted by atomic mass is 16.3. The van der Waals surface area contributed by atoms with E-state index in [0.29, 0.717) is 11.8 Å². The number of nitrogens with zero attached hydrogens (tertiary/aromatic N) is 6. The summed E-state index contributed by atoms with van der Waals surface area (Å²) in [7, 11) is 0. The first-order chi connectivity index (χ1) is 20.0. The Labute approximate surface area is 241 Å². The van der Waals surface area contributed by atoms with Gasteiger partial charge in [0, 0.05) is 11.3 Å². The molecule has 2 aliphatic carbocycles. The lowest BCUT2D eigenvalue weighted by Crippen LogP contribution is -2.27. The van der Waals surface area contributed by atoms with Gasteiger partial charge in [-0.1, -0.05) is 44.2 Å². The number of nitrogens with two attached hydrogens (primary N) is 1. The SMILES string of the molecule is CCN(CC)CCC1CCCc2ccc(Nc3nc(N)n(-c4cc5c(nn4)-c4ccccc4CCC5)n3)cc2C1O. The molecule has 0 amide bonds. The number of rotatable bonds is 8. The highest BCUT2D eigenvalue weighted by Gasteiger charge is 2.27. The summed E-state index contributed by atoms with van der Waals surface area (Å²) in [5, 5.41) is 28.4.